The van der Waals surface area contributed by atoms with E-state index in [0.717, 1.165) is 0 Å². The number of nitrogen functional groups attached to an aromatic ring is 1. The van der Waals surface area contributed by atoms with E-state index in [1.165, 1.54) is 0 Å². The molecule has 0 radical (unpaired) electrons. The van der Waals surface area contributed by atoms with Crippen LogP contribution in [0.2, 0.25) is 0 Å². The van der Waals surface area contributed by atoms with Gasteiger partial charge in [0, 0.05) is 18.5 Å². The van der Waals surface area contributed by atoms with E-state index in [-0.39, 0.29) is 5.95 Å². The summed E-state index contributed by atoms with van der Waals surface area (Å²) in [4.78, 5) is 7.58. The van der Waals surface area contributed by atoms with Crippen molar-refractivity contribution in [2.24, 2.45) is 5.10 Å². The summed E-state index contributed by atoms with van der Waals surface area (Å²) in [5.41, 5.74) is 7.99. The minimum absolute atomic E-state index is 0.237. The fourth-order valence-electron chi connectivity index (χ4n) is 0.794. The molecule has 0 saturated heterocycles. The highest BCUT2D eigenvalue weighted by Crippen LogP contribution is 2.01. The highest BCUT2D eigenvalue weighted by molar-refractivity contribution is 5.55. The molecule has 2 aromatic heterocycles. The smallest absolute Gasteiger partial charge is 0.221 e. The van der Waals surface area contributed by atoms with E-state index in [4.69, 9.17) is 5.73 Å². The van der Waals surface area contributed by atoms with Crippen molar-refractivity contribution >= 4 is 18.0 Å². The molecule has 16 heavy (non-hydrogen) atoms. The van der Waals surface area contributed by atoms with Gasteiger partial charge in [-0.1, -0.05) is 0 Å². The molecule has 6 nitrogen and oxygen atoms in total. The molecule has 0 aliphatic carbocycles. The van der Waals surface area contributed by atoms with Gasteiger partial charge in [0.05, 0.1) is 12.5 Å². The van der Waals surface area contributed by atoms with E-state index in [0.29, 0.717) is 5.82 Å². The van der Waals surface area contributed by atoms with Crippen LogP contribution >= 0.6 is 0 Å². The van der Waals surface area contributed by atoms with E-state index in [9.17, 15) is 0 Å². The average Bonchev–Trinajstić information content (AvgIpc) is 2.85. The Labute approximate surface area is 93.2 Å². The molecule has 0 amide bonds. The summed E-state index contributed by atoms with van der Waals surface area (Å²) >= 11 is 0. The molecule has 0 saturated carbocycles. The predicted octanol–water partition coefficient (Wildman–Crippen LogP) is 1.76. The quantitative estimate of drug-likeness (QED) is 0.593. The van der Waals surface area contributed by atoms with Gasteiger partial charge in [-0.15, -0.1) is 0 Å². The second kappa shape index (κ2) is 6.99. The summed E-state index contributed by atoms with van der Waals surface area (Å²) in [6.07, 6.45) is 6.44. The maximum atomic E-state index is 5.32. The Morgan fingerprint density at radius 3 is 2.69 bits per heavy atom. The number of rotatable bonds is 2. The summed E-state index contributed by atoms with van der Waals surface area (Å²) in [5, 5.41) is 3.76. The van der Waals surface area contributed by atoms with Gasteiger partial charge in [0.25, 0.3) is 0 Å². The number of hydrazone groups is 1. The number of hydrogen-bond acceptors (Lipinski definition) is 6. The Kier molecular flexibility index (Phi) is 5.11. The van der Waals surface area contributed by atoms with Gasteiger partial charge in [-0.05, 0) is 19.1 Å². The number of nitrogens with two attached hydrogens (primary N) is 1. The van der Waals surface area contributed by atoms with E-state index in [2.05, 4.69) is 24.9 Å². The molecule has 0 spiro atoms. The standard InChI is InChI=1S/C6H9N5.C4H4O/c1-2-9-11-5-3-4-8-6(7)10-5;1-2-4-5-3-1/h2-4H,1H3,(H3,7,8,10,11);1-4H/b9-2+;. The monoisotopic (exact) mass is 219 g/mol. The van der Waals surface area contributed by atoms with Crippen molar-refractivity contribution in [2.45, 2.75) is 6.92 Å². The number of hydrogen-bond donors (Lipinski definition) is 2. The Morgan fingerprint density at radius 1 is 1.44 bits per heavy atom. The summed E-state index contributed by atoms with van der Waals surface area (Å²) in [6, 6.07) is 5.35. The molecule has 3 N–H and O–H groups in total. The number of aromatic nitrogens is 2. The number of anilines is 2. The van der Waals surface area contributed by atoms with Crippen molar-refractivity contribution < 1.29 is 4.42 Å². The first kappa shape index (κ1) is 11.7. The minimum Gasteiger partial charge on any atom is -0.473 e. The summed E-state index contributed by atoms with van der Waals surface area (Å²) in [7, 11) is 0. The average molecular weight is 219 g/mol. The normalized spacial score (nSPS) is 9.56. The van der Waals surface area contributed by atoms with Gasteiger partial charge in [0.15, 0.2) is 5.82 Å². The Bertz CT molecular complexity index is 396. The largest absolute Gasteiger partial charge is 0.473 e. The van der Waals surface area contributed by atoms with Crippen LogP contribution in [0.3, 0.4) is 0 Å². The van der Waals surface area contributed by atoms with Gasteiger partial charge in [-0.25, -0.2) is 4.98 Å². The fraction of sp³-hybridized carbons (Fsp3) is 0.100. The van der Waals surface area contributed by atoms with Crippen LogP contribution in [0.1, 0.15) is 6.92 Å². The maximum absolute atomic E-state index is 5.32. The molecule has 84 valence electrons. The number of furan rings is 1. The molecule has 0 aromatic carbocycles. The first-order valence-corrected chi connectivity index (χ1v) is 4.62. The topological polar surface area (TPSA) is 89.3 Å². The SMILES string of the molecule is C/C=N/Nc1ccnc(N)n1.c1ccoc1. The van der Waals surface area contributed by atoms with Crippen molar-refractivity contribution in [3.8, 4) is 0 Å². The highest BCUT2D eigenvalue weighted by atomic mass is 16.3. The van der Waals surface area contributed by atoms with Crippen LogP contribution in [0.15, 0.2) is 46.4 Å². The van der Waals surface area contributed by atoms with Crippen LogP contribution in [-0.4, -0.2) is 16.2 Å². The van der Waals surface area contributed by atoms with Crippen molar-refractivity contribution in [1.82, 2.24) is 9.97 Å². The number of nitrogens with zero attached hydrogens (tertiary/aromatic N) is 3. The summed E-state index contributed by atoms with van der Waals surface area (Å²) in [5.74, 6) is 0.830. The van der Waals surface area contributed by atoms with E-state index >= 15 is 0 Å². The van der Waals surface area contributed by atoms with Crippen LogP contribution in [0.25, 0.3) is 0 Å². The van der Waals surface area contributed by atoms with Gasteiger partial charge >= 0.3 is 0 Å². The molecule has 0 unspecified atom stereocenters. The Morgan fingerprint density at radius 2 is 2.19 bits per heavy atom. The van der Waals surface area contributed by atoms with E-state index in [1.54, 1.807) is 37.9 Å². The van der Waals surface area contributed by atoms with Gasteiger partial charge in [0.2, 0.25) is 5.95 Å². The first-order valence-electron chi connectivity index (χ1n) is 4.62. The predicted molar refractivity (Wildman–Crippen MR) is 62.9 cm³/mol. The van der Waals surface area contributed by atoms with E-state index < -0.39 is 0 Å². The number of nitrogens with one attached hydrogen (secondary N) is 1. The lowest BCUT2D eigenvalue weighted by Crippen LogP contribution is -1.97. The minimum atomic E-state index is 0.237. The van der Waals surface area contributed by atoms with Crippen molar-refractivity contribution in [3.05, 3.63) is 36.9 Å². The second-order valence-electron chi connectivity index (χ2n) is 2.59. The molecule has 0 aliphatic heterocycles. The van der Waals surface area contributed by atoms with Crippen molar-refractivity contribution in [1.29, 1.82) is 0 Å². The zero-order valence-corrected chi connectivity index (χ0v) is 8.87. The van der Waals surface area contributed by atoms with Crippen molar-refractivity contribution in [3.63, 3.8) is 0 Å². The Balaban J connectivity index is 0.000000212. The summed E-state index contributed by atoms with van der Waals surface area (Å²) < 4.78 is 4.58. The first-order chi connectivity index (χ1) is 7.83. The lowest BCUT2D eigenvalue weighted by molar-refractivity contribution is 0.567. The van der Waals surface area contributed by atoms with Gasteiger partial charge in [-0.2, -0.15) is 10.1 Å². The van der Waals surface area contributed by atoms with Gasteiger partial charge in [-0.3, -0.25) is 5.43 Å². The maximum Gasteiger partial charge on any atom is 0.221 e. The molecule has 0 fully saturated rings. The van der Waals surface area contributed by atoms with Crippen LogP contribution in [-0.2, 0) is 0 Å². The molecule has 0 aliphatic rings. The zero-order valence-electron chi connectivity index (χ0n) is 8.87. The van der Waals surface area contributed by atoms with Gasteiger partial charge < -0.3 is 10.2 Å². The third-order valence-corrected chi connectivity index (χ3v) is 1.41. The van der Waals surface area contributed by atoms with Gasteiger partial charge in [0.1, 0.15) is 0 Å². The molecule has 0 bridgehead atoms. The van der Waals surface area contributed by atoms with Crippen molar-refractivity contribution in [2.75, 3.05) is 11.2 Å². The second-order valence-corrected chi connectivity index (χ2v) is 2.59. The molecular weight excluding hydrogens is 206 g/mol. The fourth-order valence-corrected chi connectivity index (χ4v) is 0.794. The molecule has 6 heteroatoms. The van der Waals surface area contributed by atoms with E-state index in [1.807, 2.05) is 12.1 Å². The third-order valence-electron chi connectivity index (χ3n) is 1.41. The Hall–Kier alpha value is -2.37. The molecule has 2 heterocycles. The lowest BCUT2D eigenvalue weighted by Gasteiger charge is -1.97. The van der Waals surface area contributed by atoms with Crippen LogP contribution in [0.5, 0.6) is 0 Å². The molecule has 0 atom stereocenters. The summed E-state index contributed by atoms with van der Waals surface area (Å²) in [6.45, 7) is 1.80. The molecule has 2 rings (SSSR count). The third kappa shape index (κ3) is 4.75. The zero-order chi connectivity index (χ0) is 11.6. The van der Waals surface area contributed by atoms with Crippen LogP contribution < -0.4 is 11.2 Å². The highest BCUT2D eigenvalue weighted by Gasteiger charge is 1.90. The lowest BCUT2D eigenvalue weighted by atomic mass is 10.6. The van der Waals surface area contributed by atoms with Crippen LogP contribution in [0, 0.1) is 0 Å². The molecular formula is C10H13N5O. The van der Waals surface area contributed by atoms with Crippen LogP contribution in [0.4, 0.5) is 11.8 Å². The molecule has 2 aromatic rings.